The Labute approximate surface area is 100 Å². The largest absolute Gasteiger partial charge is 0.494 e. The zero-order valence-electron chi connectivity index (χ0n) is 8.59. The highest BCUT2D eigenvalue weighted by Crippen LogP contribution is 2.50. The van der Waals surface area contributed by atoms with E-state index in [-0.39, 0.29) is 10.2 Å². The zero-order valence-corrected chi connectivity index (χ0v) is 10.2. The predicted octanol–water partition coefficient (Wildman–Crippen LogP) is 2.71. The second-order valence-electron chi connectivity index (χ2n) is 3.86. The summed E-state index contributed by atoms with van der Waals surface area (Å²) in [6, 6.07) is 2.97. The number of hydrogen-bond acceptors (Lipinski definition) is 2. The van der Waals surface area contributed by atoms with E-state index < -0.39 is 17.2 Å². The number of benzene rings is 1. The summed E-state index contributed by atoms with van der Waals surface area (Å²) < 4.78 is 18.6. The van der Waals surface area contributed by atoms with E-state index >= 15 is 0 Å². The number of carbonyl (C=O) groups is 1. The highest BCUT2D eigenvalue weighted by atomic mass is 79.9. The average molecular weight is 289 g/mol. The molecule has 0 amide bonds. The topological polar surface area (TPSA) is 46.5 Å². The molecule has 86 valence electrons. The van der Waals surface area contributed by atoms with E-state index in [4.69, 9.17) is 9.84 Å². The van der Waals surface area contributed by atoms with Crippen molar-refractivity contribution < 1.29 is 19.0 Å². The zero-order chi connectivity index (χ0) is 11.9. The first-order chi connectivity index (χ1) is 7.51. The van der Waals surface area contributed by atoms with E-state index in [9.17, 15) is 9.18 Å². The summed E-state index contributed by atoms with van der Waals surface area (Å²) >= 11 is 3.06. The minimum atomic E-state index is -0.868. The first-order valence-electron chi connectivity index (χ1n) is 4.78. The van der Waals surface area contributed by atoms with Crippen LogP contribution >= 0.6 is 15.9 Å². The van der Waals surface area contributed by atoms with Crippen molar-refractivity contribution >= 4 is 21.9 Å². The van der Waals surface area contributed by atoms with E-state index in [1.54, 1.807) is 0 Å². The summed E-state index contributed by atoms with van der Waals surface area (Å²) in [4.78, 5) is 11.1. The summed E-state index contributed by atoms with van der Waals surface area (Å²) in [6.45, 7) is 0. The molecule has 1 fully saturated rings. The van der Waals surface area contributed by atoms with Crippen molar-refractivity contribution in [1.29, 1.82) is 0 Å². The number of carboxylic acids is 1. The van der Waals surface area contributed by atoms with Crippen molar-refractivity contribution in [3.8, 4) is 5.75 Å². The van der Waals surface area contributed by atoms with Gasteiger partial charge in [-0.1, -0.05) is 0 Å². The van der Waals surface area contributed by atoms with Gasteiger partial charge < -0.3 is 9.84 Å². The smallest absolute Gasteiger partial charge is 0.314 e. The van der Waals surface area contributed by atoms with Gasteiger partial charge in [-0.05, 0) is 46.5 Å². The summed E-state index contributed by atoms with van der Waals surface area (Å²) in [5, 5.41) is 9.13. The van der Waals surface area contributed by atoms with Gasteiger partial charge in [0.05, 0.1) is 17.0 Å². The van der Waals surface area contributed by atoms with E-state index in [1.807, 2.05) is 0 Å². The van der Waals surface area contributed by atoms with Crippen molar-refractivity contribution in [3.05, 3.63) is 28.0 Å². The SMILES string of the molecule is COc1cc(C2(C(=O)O)CC2)cc(Br)c1F. The molecule has 0 atom stereocenters. The maximum atomic E-state index is 13.5. The van der Waals surface area contributed by atoms with Crippen molar-refractivity contribution in [2.24, 2.45) is 0 Å². The summed E-state index contributed by atoms with van der Waals surface area (Å²) in [5.74, 6) is -1.31. The van der Waals surface area contributed by atoms with Gasteiger partial charge in [-0.15, -0.1) is 0 Å². The molecule has 1 aromatic carbocycles. The molecule has 1 aliphatic carbocycles. The molecule has 0 bridgehead atoms. The number of aliphatic carboxylic acids is 1. The second kappa shape index (κ2) is 3.73. The highest BCUT2D eigenvalue weighted by Gasteiger charge is 2.52. The number of ether oxygens (including phenoxy) is 1. The molecule has 0 radical (unpaired) electrons. The van der Waals surface area contributed by atoms with Crippen molar-refractivity contribution in [2.75, 3.05) is 7.11 Å². The molecule has 1 aliphatic rings. The fourth-order valence-electron chi connectivity index (χ4n) is 1.74. The van der Waals surface area contributed by atoms with Gasteiger partial charge in [0.25, 0.3) is 0 Å². The Balaban J connectivity index is 2.51. The van der Waals surface area contributed by atoms with Gasteiger partial charge in [-0.3, -0.25) is 4.79 Å². The van der Waals surface area contributed by atoms with Crippen LogP contribution in [0.4, 0.5) is 4.39 Å². The Bertz CT molecular complexity index is 455. The second-order valence-corrected chi connectivity index (χ2v) is 4.72. The summed E-state index contributed by atoms with van der Waals surface area (Å²) in [7, 11) is 1.36. The van der Waals surface area contributed by atoms with E-state index in [0.717, 1.165) is 0 Å². The average Bonchev–Trinajstić information content (AvgIpc) is 3.02. The Morgan fingerprint density at radius 2 is 2.19 bits per heavy atom. The molecule has 3 nitrogen and oxygen atoms in total. The molecule has 1 aromatic rings. The van der Waals surface area contributed by atoms with Crippen LogP contribution in [0.1, 0.15) is 18.4 Å². The molecule has 0 unspecified atom stereocenters. The third-order valence-corrected chi connectivity index (χ3v) is 3.50. The van der Waals surface area contributed by atoms with Gasteiger partial charge in [0.2, 0.25) is 0 Å². The Morgan fingerprint density at radius 3 is 2.62 bits per heavy atom. The van der Waals surface area contributed by atoms with Crippen LogP contribution in [0, 0.1) is 5.82 Å². The maximum Gasteiger partial charge on any atom is 0.314 e. The molecule has 0 heterocycles. The van der Waals surface area contributed by atoms with E-state index in [2.05, 4.69) is 15.9 Å². The number of rotatable bonds is 3. The molecule has 2 rings (SSSR count). The lowest BCUT2D eigenvalue weighted by molar-refractivity contribution is -0.140. The van der Waals surface area contributed by atoms with Crippen LogP contribution in [-0.2, 0) is 10.2 Å². The van der Waals surface area contributed by atoms with Crippen LogP contribution < -0.4 is 4.74 Å². The summed E-state index contributed by atoms with van der Waals surface area (Å²) in [5.41, 5.74) is -0.256. The molecular formula is C11H10BrFO3. The van der Waals surface area contributed by atoms with Crippen LogP contribution in [-0.4, -0.2) is 18.2 Å². The molecule has 1 N–H and O–H groups in total. The monoisotopic (exact) mass is 288 g/mol. The van der Waals surface area contributed by atoms with E-state index in [1.165, 1.54) is 19.2 Å². The normalized spacial score (nSPS) is 16.9. The van der Waals surface area contributed by atoms with Crippen molar-refractivity contribution in [1.82, 2.24) is 0 Å². The van der Waals surface area contributed by atoms with Gasteiger partial charge in [0.1, 0.15) is 0 Å². The Kier molecular flexibility index (Phi) is 2.66. The van der Waals surface area contributed by atoms with Gasteiger partial charge in [-0.25, -0.2) is 4.39 Å². The van der Waals surface area contributed by atoms with Crippen LogP contribution in [0.5, 0.6) is 5.75 Å². The lowest BCUT2D eigenvalue weighted by Gasteiger charge is -2.13. The number of halogens is 2. The minimum Gasteiger partial charge on any atom is -0.494 e. The lowest BCUT2D eigenvalue weighted by atomic mass is 9.96. The van der Waals surface area contributed by atoms with Gasteiger partial charge in [0.15, 0.2) is 11.6 Å². The first-order valence-corrected chi connectivity index (χ1v) is 5.57. The van der Waals surface area contributed by atoms with Gasteiger partial charge >= 0.3 is 5.97 Å². The minimum absolute atomic E-state index is 0.0666. The van der Waals surface area contributed by atoms with Crippen LogP contribution in [0.3, 0.4) is 0 Å². The molecule has 5 heteroatoms. The Morgan fingerprint density at radius 1 is 1.56 bits per heavy atom. The van der Waals surface area contributed by atoms with Crippen molar-refractivity contribution in [3.63, 3.8) is 0 Å². The molecular weight excluding hydrogens is 279 g/mol. The molecule has 0 aromatic heterocycles. The third-order valence-electron chi connectivity index (χ3n) is 2.93. The quantitative estimate of drug-likeness (QED) is 0.930. The van der Waals surface area contributed by atoms with Crippen LogP contribution in [0.2, 0.25) is 0 Å². The predicted molar refractivity (Wildman–Crippen MR) is 59.2 cm³/mol. The maximum absolute atomic E-state index is 13.5. The van der Waals surface area contributed by atoms with Crippen LogP contribution in [0.25, 0.3) is 0 Å². The highest BCUT2D eigenvalue weighted by molar-refractivity contribution is 9.10. The molecule has 0 saturated heterocycles. The van der Waals surface area contributed by atoms with Crippen molar-refractivity contribution in [2.45, 2.75) is 18.3 Å². The standard InChI is InChI=1S/C11H10BrFO3/c1-16-8-5-6(4-7(12)9(8)13)11(2-3-11)10(14)15/h4-5H,2-3H2,1H3,(H,14,15). The van der Waals surface area contributed by atoms with Crippen LogP contribution in [0.15, 0.2) is 16.6 Å². The summed E-state index contributed by atoms with van der Waals surface area (Å²) in [6.07, 6.45) is 1.17. The number of methoxy groups -OCH3 is 1. The molecule has 0 aliphatic heterocycles. The fourth-order valence-corrected chi connectivity index (χ4v) is 2.18. The molecule has 16 heavy (non-hydrogen) atoms. The fraction of sp³-hybridized carbons (Fsp3) is 0.364. The van der Waals surface area contributed by atoms with Gasteiger partial charge in [-0.2, -0.15) is 0 Å². The third kappa shape index (κ3) is 1.59. The Hall–Kier alpha value is -1.10. The molecule has 1 saturated carbocycles. The molecule has 0 spiro atoms. The number of hydrogen-bond donors (Lipinski definition) is 1. The first kappa shape index (κ1) is 11.4. The lowest BCUT2D eigenvalue weighted by Crippen LogP contribution is -2.19. The number of carboxylic acid groups (broad SMARTS) is 1. The van der Waals surface area contributed by atoms with E-state index in [0.29, 0.717) is 18.4 Å². The van der Waals surface area contributed by atoms with Gasteiger partial charge in [0, 0.05) is 0 Å².